The second-order valence-electron chi connectivity index (χ2n) is 4.47. The number of thiocarbonyl (C=S) groups is 1. The number of aryl methyl sites for hydroxylation is 2. The summed E-state index contributed by atoms with van der Waals surface area (Å²) >= 11 is 5.10. The van der Waals surface area contributed by atoms with Crippen LogP contribution in [0, 0.1) is 13.8 Å². The molecule has 0 saturated heterocycles. The quantitative estimate of drug-likeness (QED) is 0.790. The molecule has 3 nitrogen and oxygen atoms in total. The molecule has 0 fully saturated rings. The number of aromatic nitrogens is 1. The van der Waals surface area contributed by atoms with E-state index in [-0.39, 0.29) is 0 Å². The number of nitrogens with two attached hydrogens (primary N) is 1. The van der Waals surface area contributed by atoms with Crippen LogP contribution in [0.3, 0.4) is 0 Å². The molecule has 0 amide bonds. The van der Waals surface area contributed by atoms with Gasteiger partial charge >= 0.3 is 0 Å². The van der Waals surface area contributed by atoms with Gasteiger partial charge in [0.05, 0.1) is 5.56 Å². The Balaban J connectivity index is 3.08. The number of hydrogen-bond acceptors (Lipinski definition) is 3. The monoisotopic (exact) mass is 251 g/mol. The zero-order valence-corrected chi connectivity index (χ0v) is 11.8. The zero-order chi connectivity index (χ0) is 13.0. The number of pyridine rings is 1. The van der Waals surface area contributed by atoms with Crippen LogP contribution in [0.4, 0.5) is 5.69 Å². The van der Waals surface area contributed by atoms with Crippen LogP contribution in [-0.2, 0) is 0 Å². The van der Waals surface area contributed by atoms with Crippen molar-refractivity contribution in [2.24, 2.45) is 5.73 Å². The van der Waals surface area contributed by atoms with Crippen molar-refractivity contribution in [2.75, 3.05) is 5.32 Å². The van der Waals surface area contributed by atoms with Crippen molar-refractivity contribution < 1.29 is 0 Å². The van der Waals surface area contributed by atoms with Gasteiger partial charge in [-0.3, -0.25) is 4.98 Å². The molecule has 1 rings (SSSR count). The van der Waals surface area contributed by atoms with Gasteiger partial charge < -0.3 is 11.1 Å². The summed E-state index contributed by atoms with van der Waals surface area (Å²) in [5.74, 6) is 0. The summed E-state index contributed by atoms with van der Waals surface area (Å²) in [6.45, 7) is 8.26. The lowest BCUT2D eigenvalue weighted by atomic mass is 10.1. The molecule has 4 heteroatoms. The molecule has 94 valence electrons. The molecule has 0 aromatic carbocycles. The van der Waals surface area contributed by atoms with Crippen LogP contribution in [0.1, 0.15) is 43.6 Å². The first-order valence-electron chi connectivity index (χ1n) is 6.00. The molecular formula is C13H21N3S. The average molecular weight is 251 g/mol. The van der Waals surface area contributed by atoms with Crippen molar-refractivity contribution in [1.82, 2.24) is 4.98 Å². The molecule has 0 aliphatic carbocycles. The van der Waals surface area contributed by atoms with E-state index in [4.69, 9.17) is 18.0 Å². The van der Waals surface area contributed by atoms with Gasteiger partial charge in [0, 0.05) is 23.1 Å². The summed E-state index contributed by atoms with van der Waals surface area (Å²) in [7, 11) is 0. The van der Waals surface area contributed by atoms with E-state index in [0.29, 0.717) is 11.0 Å². The third-order valence-corrected chi connectivity index (χ3v) is 2.90. The van der Waals surface area contributed by atoms with E-state index in [2.05, 4.69) is 24.1 Å². The summed E-state index contributed by atoms with van der Waals surface area (Å²) in [6.07, 6.45) is 2.27. The maximum absolute atomic E-state index is 5.77. The standard InChI is InChI=1S/C13H21N3S/c1-5-6-8(2)16-11-7-9(3)15-10(4)12(11)13(14)17/h7-8H,5-6H2,1-4H3,(H2,14,17)(H,15,16). The Bertz CT molecular complexity index is 415. The van der Waals surface area contributed by atoms with E-state index in [1.54, 1.807) is 0 Å². The summed E-state index contributed by atoms with van der Waals surface area (Å²) in [5.41, 5.74) is 9.51. The lowest BCUT2D eigenvalue weighted by Crippen LogP contribution is -2.21. The number of hydrogen-bond donors (Lipinski definition) is 2. The maximum atomic E-state index is 5.77. The normalized spacial score (nSPS) is 12.2. The zero-order valence-electron chi connectivity index (χ0n) is 11.0. The molecule has 17 heavy (non-hydrogen) atoms. The fourth-order valence-corrected chi connectivity index (χ4v) is 2.28. The summed E-state index contributed by atoms with van der Waals surface area (Å²) < 4.78 is 0. The third kappa shape index (κ3) is 3.66. The lowest BCUT2D eigenvalue weighted by Gasteiger charge is -2.18. The number of anilines is 1. The molecule has 0 saturated carbocycles. The molecule has 0 radical (unpaired) electrons. The third-order valence-electron chi connectivity index (χ3n) is 2.70. The average Bonchev–Trinajstić information content (AvgIpc) is 2.15. The number of nitrogens with one attached hydrogen (secondary N) is 1. The van der Waals surface area contributed by atoms with Gasteiger partial charge in [-0.2, -0.15) is 0 Å². The molecule has 0 aliphatic heterocycles. The minimum Gasteiger partial charge on any atom is -0.389 e. The van der Waals surface area contributed by atoms with Gasteiger partial charge in [-0.15, -0.1) is 0 Å². The first-order chi connectivity index (χ1) is 7.95. The van der Waals surface area contributed by atoms with Crippen LogP contribution in [0.15, 0.2) is 6.07 Å². The smallest absolute Gasteiger partial charge is 0.107 e. The van der Waals surface area contributed by atoms with E-state index in [1.807, 2.05) is 19.9 Å². The summed E-state index contributed by atoms with van der Waals surface area (Å²) in [4.78, 5) is 4.81. The van der Waals surface area contributed by atoms with Crippen LogP contribution in [0.2, 0.25) is 0 Å². The highest BCUT2D eigenvalue weighted by Crippen LogP contribution is 2.21. The molecule has 1 unspecified atom stereocenters. The van der Waals surface area contributed by atoms with Crippen molar-refractivity contribution in [3.8, 4) is 0 Å². The Hall–Kier alpha value is -1.16. The minimum atomic E-state index is 0.404. The molecule has 0 spiro atoms. The van der Waals surface area contributed by atoms with E-state index in [1.165, 1.54) is 0 Å². The van der Waals surface area contributed by atoms with Gasteiger partial charge in [0.2, 0.25) is 0 Å². The van der Waals surface area contributed by atoms with Crippen molar-refractivity contribution in [2.45, 2.75) is 46.6 Å². The Morgan fingerprint density at radius 2 is 2.18 bits per heavy atom. The van der Waals surface area contributed by atoms with Gasteiger partial charge in [-0.25, -0.2) is 0 Å². The summed E-state index contributed by atoms with van der Waals surface area (Å²) in [5, 5.41) is 3.47. The topological polar surface area (TPSA) is 50.9 Å². The molecule has 0 bridgehead atoms. The first kappa shape index (κ1) is 13.9. The van der Waals surface area contributed by atoms with Gasteiger partial charge in [0.15, 0.2) is 0 Å². The lowest BCUT2D eigenvalue weighted by molar-refractivity contribution is 0.690. The predicted octanol–water partition coefficient (Wildman–Crippen LogP) is 2.93. The van der Waals surface area contributed by atoms with Gasteiger partial charge in [-0.05, 0) is 33.3 Å². The van der Waals surface area contributed by atoms with E-state index in [9.17, 15) is 0 Å². The molecular weight excluding hydrogens is 230 g/mol. The molecule has 1 aromatic heterocycles. The fourth-order valence-electron chi connectivity index (χ4n) is 2.02. The maximum Gasteiger partial charge on any atom is 0.107 e. The fraction of sp³-hybridized carbons (Fsp3) is 0.538. The molecule has 0 aliphatic rings. The van der Waals surface area contributed by atoms with Crippen molar-refractivity contribution in [3.05, 3.63) is 23.0 Å². The van der Waals surface area contributed by atoms with E-state index in [0.717, 1.165) is 35.5 Å². The Kier molecular flexibility index (Phi) is 4.87. The number of rotatable bonds is 5. The summed E-state index contributed by atoms with van der Waals surface area (Å²) in [6, 6.07) is 2.42. The van der Waals surface area contributed by atoms with E-state index >= 15 is 0 Å². The Morgan fingerprint density at radius 3 is 2.71 bits per heavy atom. The van der Waals surface area contributed by atoms with Gasteiger partial charge in [-0.1, -0.05) is 25.6 Å². The highest BCUT2D eigenvalue weighted by Gasteiger charge is 2.12. The number of nitrogens with zero attached hydrogens (tertiary/aromatic N) is 1. The highest BCUT2D eigenvalue weighted by molar-refractivity contribution is 7.80. The SMILES string of the molecule is CCCC(C)Nc1cc(C)nc(C)c1C(N)=S. The van der Waals surface area contributed by atoms with Crippen molar-refractivity contribution >= 4 is 22.9 Å². The highest BCUT2D eigenvalue weighted by atomic mass is 32.1. The van der Waals surface area contributed by atoms with Crippen LogP contribution in [-0.4, -0.2) is 16.0 Å². The van der Waals surface area contributed by atoms with Crippen LogP contribution in [0.25, 0.3) is 0 Å². The predicted molar refractivity (Wildman–Crippen MR) is 77.6 cm³/mol. The second kappa shape index (κ2) is 5.96. The Labute approximate surface area is 109 Å². The van der Waals surface area contributed by atoms with Crippen molar-refractivity contribution in [3.63, 3.8) is 0 Å². The van der Waals surface area contributed by atoms with Crippen LogP contribution >= 0.6 is 12.2 Å². The van der Waals surface area contributed by atoms with Crippen LogP contribution < -0.4 is 11.1 Å². The molecule has 1 aromatic rings. The molecule has 3 N–H and O–H groups in total. The first-order valence-corrected chi connectivity index (χ1v) is 6.41. The second-order valence-corrected chi connectivity index (χ2v) is 4.91. The van der Waals surface area contributed by atoms with Gasteiger partial charge in [0.25, 0.3) is 0 Å². The van der Waals surface area contributed by atoms with Gasteiger partial charge in [0.1, 0.15) is 4.99 Å². The molecule has 1 atom stereocenters. The van der Waals surface area contributed by atoms with E-state index < -0.39 is 0 Å². The van der Waals surface area contributed by atoms with Crippen LogP contribution in [0.5, 0.6) is 0 Å². The molecule has 1 heterocycles. The largest absolute Gasteiger partial charge is 0.389 e. The minimum absolute atomic E-state index is 0.404. The van der Waals surface area contributed by atoms with Crippen molar-refractivity contribution in [1.29, 1.82) is 0 Å². The Morgan fingerprint density at radius 1 is 1.53 bits per heavy atom.